The van der Waals surface area contributed by atoms with Crippen molar-refractivity contribution < 1.29 is 5.11 Å². The van der Waals surface area contributed by atoms with Crippen molar-refractivity contribution >= 4 is 11.0 Å². The zero-order chi connectivity index (χ0) is 9.97. The summed E-state index contributed by atoms with van der Waals surface area (Å²) in [5, 5.41) is 19.5. The number of rotatable bonds is 3. The number of pyridine rings is 1. The highest BCUT2D eigenvalue weighted by molar-refractivity contribution is 5.76. The van der Waals surface area contributed by atoms with Crippen LogP contribution in [0.1, 0.15) is 11.8 Å². The van der Waals surface area contributed by atoms with Crippen LogP contribution in [0.4, 0.5) is 0 Å². The normalized spacial score (nSPS) is 13.3. The summed E-state index contributed by atoms with van der Waals surface area (Å²) in [5.74, 6) is 0. The van der Waals surface area contributed by atoms with Crippen molar-refractivity contribution in [3.8, 4) is 0 Å². The molecule has 0 saturated carbocycles. The number of nitrogens with zero attached hydrogens (tertiary/aromatic N) is 2. The molecule has 0 radical (unpaired) electrons. The Morgan fingerprint density at radius 3 is 3.29 bits per heavy atom. The minimum atomic E-state index is -0.597. The first-order chi connectivity index (χ1) is 6.83. The molecule has 0 bridgehead atoms. The second kappa shape index (κ2) is 3.73. The molecule has 3 N–H and O–H groups in total. The van der Waals surface area contributed by atoms with Gasteiger partial charge in [-0.25, -0.2) is 0 Å². The smallest absolute Gasteiger partial charge is 0.114 e. The highest BCUT2D eigenvalue weighted by Gasteiger charge is 2.13. The third-order valence-electron chi connectivity index (χ3n) is 2.07. The van der Waals surface area contributed by atoms with E-state index in [2.05, 4.69) is 20.5 Å². The largest absolute Gasteiger partial charge is 0.385 e. The van der Waals surface area contributed by atoms with Gasteiger partial charge in [0.25, 0.3) is 0 Å². The molecule has 0 aliphatic heterocycles. The van der Waals surface area contributed by atoms with E-state index >= 15 is 0 Å². The van der Waals surface area contributed by atoms with E-state index < -0.39 is 6.10 Å². The average Bonchev–Trinajstić information content (AvgIpc) is 2.61. The SMILES string of the molecule is CNCC(O)c1[nH]nc2cccnc12. The third-order valence-corrected chi connectivity index (χ3v) is 2.07. The fourth-order valence-electron chi connectivity index (χ4n) is 1.40. The lowest BCUT2D eigenvalue weighted by Gasteiger charge is -2.06. The maximum Gasteiger partial charge on any atom is 0.114 e. The number of hydrogen-bond donors (Lipinski definition) is 3. The van der Waals surface area contributed by atoms with E-state index in [9.17, 15) is 5.11 Å². The Morgan fingerprint density at radius 2 is 2.50 bits per heavy atom. The molecule has 0 spiro atoms. The molecule has 5 heteroatoms. The fraction of sp³-hybridized carbons (Fsp3) is 0.333. The van der Waals surface area contributed by atoms with Crippen molar-refractivity contribution in [3.05, 3.63) is 24.0 Å². The van der Waals surface area contributed by atoms with E-state index in [0.717, 1.165) is 11.0 Å². The lowest BCUT2D eigenvalue weighted by atomic mass is 10.2. The number of H-pyrrole nitrogens is 1. The van der Waals surface area contributed by atoms with Gasteiger partial charge in [0.15, 0.2) is 0 Å². The van der Waals surface area contributed by atoms with Gasteiger partial charge in [0, 0.05) is 12.7 Å². The Bertz CT molecular complexity index is 425. The molecule has 2 heterocycles. The number of fused-ring (bicyclic) bond motifs is 1. The monoisotopic (exact) mass is 192 g/mol. The zero-order valence-corrected chi connectivity index (χ0v) is 7.86. The van der Waals surface area contributed by atoms with Crippen LogP contribution in [-0.4, -0.2) is 33.9 Å². The Balaban J connectivity index is 2.42. The van der Waals surface area contributed by atoms with Gasteiger partial charge in [0.05, 0.1) is 5.69 Å². The highest BCUT2D eigenvalue weighted by atomic mass is 16.3. The van der Waals surface area contributed by atoms with Gasteiger partial charge in [-0.15, -0.1) is 0 Å². The van der Waals surface area contributed by atoms with Crippen LogP contribution in [0.15, 0.2) is 18.3 Å². The van der Waals surface area contributed by atoms with Crippen LogP contribution in [0, 0.1) is 0 Å². The Kier molecular flexibility index (Phi) is 2.43. The summed E-state index contributed by atoms with van der Waals surface area (Å²) in [6.45, 7) is 0.480. The number of hydrogen-bond acceptors (Lipinski definition) is 4. The van der Waals surface area contributed by atoms with Gasteiger partial charge in [-0.05, 0) is 19.2 Å². The Morgan fingerprint density at radius 1 is 1.64 bits per heavy atom. The van der Waals surface area contributed by atoms with Crippen LogP contribution in [0.5, 0.6) is 0 Å². The van der Waals surface area contributed by atoms with Gasteiger partial charge in [0.1, 0.15) is 17.1 Å². The quantitative estimate of drug-likeness (QED) is 0.650. The van der Waals surface area contributed by atoms with Crippen molar-refractivity contribution in [1.82, 2.24) is 20.5 Å². The number of aliphatic hydroxyl groups excluding tert-OH is 1. The van der Waals surface area contributed by atoms with E-state index in [-0.39, 0.29) is 0 Å². The van der Waals surface area contributed by atoms with Crippen LogP contribution >= 0.6 is 0 Å². The van der Waals surface area contributed by atoms with Crippen molar-refractivity contribution in [2.75, 3.05) is 13.6 Å². The number of aliphatic hydroxyl groups is 1. The molecule has 0 amide bonds. The molecule has 0 aliphatic carbocycles. The van der Waals surface area contributed by atoms with Crippen molar-refractivity contribution in [3.63, 3.8) is 0 Å². The van der Waals surface area contributed by atoms with Gasteiger partial charge in [-0.2, -0.15) is 5.10 Å². The summed E-state index contributed by atoms with van der Waals surface area (Å²) in [4.78, 5) is 4.16. The molecule has 0 saturated heterocycles. The van der Waals surface area contributed by atoms with Crippen molar-refractivity contribution in [1.29, 1.82) is 0 Å². The molecule has 0 fully saturated rings. The lowest BCUT2D eigenvalue weighted by Crippen LogP contribution is -2.17. The lowest BCUT2D eigenvalue weighted by molar-refractivity contribution is 0.174. The molecule has 74 valence electrons. The summed E-state index contributed by atoms with van der Waals surface area (Å²) in [7, 11) is 1.79. The Labute approximate surface area is 81.2 Å². The molecular formula is C9H12N4O. The fourth-order valence-corrected chi connectivity index (χ4v) is 1.40. The molecule has 0 aliphatic rings. The maximum atomic E-state index is 9.73. The zero-order valence-electron chi connectivity index (χ0n) is 7.86. The molecule has 14 heavy (non-hydrogen) atoms. The van der Waals surface area contributed by atoms with E-state index in [1.54, 1.807) is 13.2 Å². The minimum absolute atomic E-state index is 0.480. The first kappa shape index (κ1) is 9.11. The standard InChI is InChI=1S/C9H12N4O/c1-10-5-7(14)9-8-6(12-13-9)3-2-4-11-8/h2-4,7,10,14H,5H2,1H3,(H,12,13). The van der Waals surface area contributed by atoms with Crippen LogP contribution in [0.3, 0.4) is 0 Å². The summed E-state index contributed by atoms with van der Waals surface area (Å²) in [6.07, 6.45) is 1.09. The molecule has 2 aromatic rings. The summed E-state index contributed by atoms with van der Waals surface area (Å²) >= 11 is 0. The molecule has 2 rings (SSSR count). The van der Waals surface area contributed by atoms with Crippen LogP contribution in [0.25, 0.3) is 11.0 Å². The van der Waals surface area contributed by atoms with Gasteiger partial charge in [0.2, 0.25) is 0 Å². The van der Waals surface area contributed by atoms with Gasteiger partial charge < -0.3 is 10.4 Å². The molecule has 2 aromatic heterocycles. The highest BCUT2D eigenvalue weighted by Crippen LogP contribution is 2.18. The second-order valence-corrected chi connectivity index (χ2v) is 3.08. The third kappa shape index (κ3) is 1.47. The summed E-state index contributed by atoms with van der Waals surface area (Å²) in [6, 6.07) is 3.67. The van der Waals surface area contributed by atoms with E-state index in [0.29, 0.717) is 12.2 Å². The first-order valence-corrected chi connectivity index (χ1v) is 4.44. The van der Waals surface area contributed by atoms with Gasteiger partial charge in [-0.1, -0.05) is 0 Å². The number of likely N-dealkylation sites (N-methyl/N-ethyl adjacent to an activating group) is 1. The van der Waals surface area contributed by atoms with Crippen LogP contribution in [0.2, 0.25) is 0 Å². The maximum absolute atomic E-state index is 9.73. The van der Waals surface area contributed by atoms with Crippen molar-refractivity contribution in [2.24, 2.45) is 0 Å². The van der Waals surface area contributed by atoms with E-state index in [1.807, 2.05) is 12.1 Å². The summed E-state index contributed by atoms with van der Waals surface area (Å²) < 4.78 is 0. The molecule has 5 nitrogen and oxygen atoms in total. The molecular weight excluding hydrogens is 180 g/mol. The molecule has 1 atom stereocenters. The van der Waals surface area contributed by atoms with E-state index in [1.165, 1.54) is 0 Å². The predicted octanol–water partition coefficient (Wildman–Crippen LogP) is 0.211. The summed E-state index contributed by atoms with van der Waals surface area (Å²) in [5.41, 5.74) is 2.17. The predicted molar refractivity (Wildman–Crippen MR) is 52.8 cm³/mol. The number of aromatic nitrogens is 3. The average molecular weight is 192 g/mol. The topological polar surface area (TPSA) is 73.8 Å². The van der Waals surface area contributed by atoms with E-state index in [4.69, 9.17) is 0 Å². The van der Waals surface area contributed by atoms with Crippen LogP contribution < -0.4 is 5.32 Å². The second-order valence-electron chi connectivity index (χ2n) is 3.08. The van der Waals surface area contributed by atoms with Crippen LogP contribution in [-0.2, 0) is 0 Å². The number of nitrogens with one attached hydrogen (secondary N) is 2. The first-order valence-electron chi connectivity index (χ1n) is 4.44. The van der Waals surface area contributed by atoms with Gasteiger partial charge in [-0.3, -0.25) is 10.1 Å². The molecule has 1 unspecified atom stereocenters. The molecule has 0 aromatic carbocycles. The Hall–Kier alpha value is -1.46. The minimum Gasteiger partial charge on any atom is -0.385 e. The number of aromatic amines is 1. The van der Waals surface area contributed by atoms with Gasteiger partial charge >= 0.3 is 0 Å². The van der Waals surface area contributed by atoms with Crippen molar-refractivity contribution in [2.45, 2.75) is 6.10 Å².